The normalized spacial score (nSPS) is 11.1. The summed E-state index contributed by atoms with van der Waals surface area (Å²) in [6.45, 7) is 3.33. The highest BCUT2D eigenvalue weighted by Crippen LogP contribution is 2.24. The number of hydrogen-bond acceptors (Lipinski definition) is 3. The number of carboxylic acids is 1. The number of hydrazine groups is 1. The maximum Gasteiger partial charge on any atom is 0.313 e. The van der Waals surface area contributed by atoms with Crippen molar-refractivity contribution in [2.45, 2.75) is 19.3 Å². The van der Waals surface area contributed by atoms with E-state index < -0.39 is 11.4 Å². The van der Waals surface area contributed by atoms with Gasteiger partial charge in [0.25, 0.3) is 0 Å². The summed E-state index contributed by atoms with van der Waals surface area (Å²) < 4.78 is 0. The van der Waals surface area contributed by atoms with Gasteiger partial charge in [0.05, 0.1) is 5.41 Å². The summed E-state index contributed by atoms with van der Waals surface area (Å²) in [5.74, 6) is 4.36. The molecule has 1 aromatic rings. The molecule has 0 bridgehead atoms. The van der Waals surface area contributed by atoms with Crippen LogP contribution in [0.5, 0.6) is 0 Å². The summed E-state index contributed by atoms with van der Waals surface area (Å²) in [6.07, 6.45) is 0. The average molecular weight is 194 g/mol. The number of hydrogen-bond donors (Lipinski definition) is 3. The first kappa shape index (κ1) is 10.5. The van der Waals surface area contributed by atoms with Gasteiger partial charge in [-0.3, -0.25) is 10.6 Å². The SMILES string of the molecule is CC(C)(C(=O)O)c1ccc(NN)cc1. The Hall–Kier alpha value is -1.55. The van der Waals surface area contributed by atoms with Crippen molar-refractivity contribution in [2.75, 3.05) is 5.43 Å². The summed E-state index contributed by atoms with van der Waals surface area (Å²) in [7, 11) is 0. The molecule has 0 aliphatic carbocycles. The summed E-state index contributed by atoms with van der Waals surface area (Å²) in [5.41, 5.74) is 3.13. The topological polar surface area (TPSA) is 75.3 Å². The first-order valence-electron chi connectivity index (χ1n) is 4.29. The van der Waals surface area contributed by atoms with Crippen LogP contribution in [0.3, 0.4) is 0 Å². The van der Waals surface area contributed by atoms with Crippen LogP contribution in [-0.4, -0.2) is 11.1 Å². The lowest BCUT2D eigenvalue weighted by molar-refractivity contribution is -0.142. The van der Waals surface area contributed by atoms with E-state index in [0.717, 1.165) is 11.3 Å². The van der Waals surface area contributed by atoms with Crippen LogP contribution < -0.4 is 11.3 Å². The van der Waals surface area contributed by atoms with Gasteiger partial charge in [-0.1, -0.05) is 12.1 Å². The fourth-order valence-electron chi connectivity index (χ4n) is 1.11. The van der Waals surface area contributed by atoms with Gasteiger partial charge in [-0.05, 0) is 31.5 Å². The Morgan fingerprint density at radius 2 is 1.86 bits per heavy atom. The van der Waals surface area contributed by atoms with Crippen molar-refractivity contribution >= 4 is 11.7 Å². The molecule has 4 nitrogen and oxygen atoms in total. The second-order valence-corrected chi connectivity index (χ2v) is 3.65. The Labute approximate surface area is 82.7 Å². The lowest BCUT2D eigenvalue weighted by Gasteiger charge is -2.19. The molecule has 0 aromatic heterocycles. The molecule has 0 spiro atoms. The van der Waals surface area contributed by atoms with Crippen LogP contribution in [-0.2, 0) is 10.2 Å². The van der Waals surface area contributed by atoms with Gasteiger partial charge >= 0.3 is 5.97 Å². The molecule has 0 atom stereocenters. The van der Waals surface area contributed by atoms with Crippen molar-refractivity contribution in [1.82, 2.24) is 0 Å². The van der Waals surface area contributed by atoms with E-state index >= 15 is 0 Å². The Kier molecular flexibility index (Phi) is 2.76. The number of nitrogens with one attached hydrogen (secondary N) is 1. The maximum atomic E-state index is 10.9. The standard InChI is InChI=1S/C10H14N2O2/c1-10(2,9(13)14)7-3-5-8(12-11)6-4-7/h3-6,12H,11H2,1-2H3,(H,13,14). The molecular weight excluding hydrogens is 180 g/mol. The molecule has 4 heteroatoms. The molecule has 76 valence electrons. The zero-order chi connectivity index (χ0) is 10.8. The Balaban J connectivity index is 3.02. The van der Waals surface area contributed by atoms with Crippen molar-refractivity contribution in [1.29, 1.82) is 0 Å². The predicted octanol–water partition coefficient (Wildman–Crippen LogP) is 1.33. The molecule has 0 unspecified atom stereocenters. The van der Waals surface area contributed by atoms with Crippen LogP contribution >= 0.6 is 0 Å². The molecule has 0 fully saturated rings. The molecule has 14 heavy (non-hydrogen) atoms. The molecule has 0 heterocycles. The van der Waals surface area contributed by atoms with Gasteiger partial charge in [0.2, 0.25) is 0 Å². The van der Waals surface area contributed by atoms with Gasteiger partial charge in [-0.15, -0.1) is 0 Å². The predicted molar refractivity (Wildman–Crippen MR) is 54.9 cm³/mol. The summed E-state index contributed by atoms with van der Waals surface area (Å²) >= 11 is 0. The Morgan fingerprint density at radius 3 is 2.21 bits per heavy atom. The van der Waals surface area contributed by atoms with E-state index in [1.54, 1.807) is 38.1 Å². The van der Waals surface area contributed by atoms with Gasteiger partial charge in [0.15, 0.2) is 0 Å². The monoisotopic (exact) mass is 194 g/mol. The summed E-state index contributed by atoms with van der Waals surface area (Å²) in [5, 5.41) is 8.98. The highest BCUT2D eigenvalue weighted by atomic mass is 16.4. The minimum atomic E-state index is -0.868. The first-order chi connectivity index (χ1) is 6.48. The van der Waals surface area contributed by atoms with Crippen molar-refractivity contribution in [3.8, 4) is 0 Å². The van der Waals surface area contributed by atoms with Crippen LogP contribution in [0.1, 0.15) is 19.4 Å². The third-order valence-electron chi connectivity index (χ3n) is 2.31. The van der Waals surface area contributed by atoms with Crippen LogP contribution in [0, 0.1) is 0 Å². The molecule has 1 rings (SSSR count). The van der Waals surface area contributed by atoms with E-state index in [0.29, 0.717) is 0 Å². The summed E-state index contributed by atoms with van der Waals surface area (Å²) in [6, 6.07) is 7.01. The molecule has 0 aliphatic rings. The number of carbonyl (C=O) groups is 1. The van der Waals surface area contributed by atoms with Crippen molar-refractivity contribution in [3.05, 3.63) is 29.8 Å². The van der Waals surface area contributed by atoms with Crippen molar-refractivity contribution in [2.24, 2.45) is 5.84 Å². The quantitative estimate of drug-likeness (QED) is 0.501. The molecule has 0 saturated carbocycles. The van der Waals surface area contributed by atoms with Crippen molar-refractivity contribution < 1.29 is 9.90 Å². The fraction of sp³-hybridized carbons (Fsp3) is 0.300. The third kappa shape index (κ3) is 1.85. The lowest BCUT2D eigenvalue weighted by atomic mass is 9.85. The van der Waals surface area contributed by atoms with Crippen LogP contribution in [0.4, 0.5) is 5.69 Å². The van der Waals surface area contributed by atoms with E-state index in [9.17, 15) is 4.79 Å². The molecule has 0 radical (unpaired) electrons. The molecule has 0 saturated heterocycles. The largest absolute Gasteiger partial charge is 0.481 e. The van der Waals surface area contributed by atoms with Crippen LogP contribution in [0.15, 0.2) is 24.3 Å². The lowest BCUT2D eigenvalue weighted by Crippen LogP contribution is -2.28. The molecular formula is C10H14N2O2. The summed E-state index contributed by atoms with van der Waals surface area (Å²) in [4.78, 5) is 10.9. The first-order valence-corrected chi connectivity index (χ1v) is 4.29. The highest BCUT2D eigenvalue weighted by molar-refractivity contribution is 5.80. The second kappa shape index (κ2) is 3.67. The zero-order valence-corrected chi connectivity index (χ0v) is 8.24. The van der Waals surface area contributed by atoms with Crippen LogP contribution in [0.2, 0.25) is 0 Å². The number of anilines is 1. The van der Waals surface area contributed by atoms with E-state index in [2.05, 4.69) is 5.43 Å². The van der Waals surface area contributed by atoms with E-state index in [1.807, 2.05) is 0 Å². The maximum absolute atomic E-state index is 10.9. The van der Waals surface area contributed by atoms with Gasteiger partial charge in [-0.25, -0.2) is 0 Å². The molecule has 0 amide bonds. The Bertz CT molecular complexity index is 330. The van der Waals surface area contributed by atoms with E-state index in [4.69, 9.17) is 10.9 Å². The van der Waals surface area contributed by atoms with Crippen molar-refractivity contribution in [3.63, 3.8) is 0 Å². The minimum absolute atomic E-state index is 0.754. The fourth-order valence-corrected chi connectivity index (χ4v) is 1.11. The number of aliphatic carboxylic acids is 1. The van der Waals surface area contributed by atoms with Gasteiger partial charge < -0.3 is 10.5 Å². The molecule has 0 aliphatic heterocycles. The minimum Gasteiger partial charge on any atom is -0.481 e. The van der Waals surface area contributed by atoms with Crippen LogP contribution in [0.25, 0.3) is 0 Å². The Morgan fingerprint density at radius 1 is 1.36 bits per heavy atom. The third-order valence-corrected chi connectivity index (χ3v) is 2.31. The van der Waals surface area contributed by atoms with E-state index in [-0.39, 0.29) is 0 Å². The zero-order valence-electron chi connectivity index (χ0n) is 8.24. The number of nitrogens with two attached hydrogens (primary N) is 1. The number of benzene rings is 1. The van der Waals surface area contributed by atoms with Gasteiger partial charge in [-0.2, -0.15) is 0 Å². The van der Waals surface area contributed by atoms with E-state index in [1.165, 1.54) is 0 Å². The number of nitrogen functional groups attached to an aromatic ring is 1. The highest BCUT2D eigenvalue weighted by Gasteiger charge is 2.28. The molecule has 1 aromatic carbocycles. The van der Waals surface area contributed by atoms with Gasteiger partial charge in [0.1, 0.15) is 0 Å². The molecule has 4 N–H and O–H groups in total. The second-order valence-electron chi connectivity index (χ2n) is 3.65. The average Bonchev–Trinajstić information content (AvgIpc) is 2.17. The smallest absolute Gasteiger partial charge is 0.313 e. The number of carboxylic acid groups (broad SMARTS) is 1. The van der Waals surface area contributed by atoms with Gasteiger partial charge in [0, 0.05) is 5.69 Å². The number of rotatable bonds is 3.